The number of pyridine rings is 1. The lowest BCUT2D eigenvalue weighted by Gasteiger charge is -2.31. The van der Waals surface area contributed by atoms with Crippen LogP contribution in [-0.2, 0) is 6.54 Å². The van der Waals surface area contributed by atoms with E-state index in [0.717, 1.165) is 5.56 Å². The van der Waals surface area contributed by atoms with Crippen molar-refractivity contribution in [2.75, 3.05) is 7.05 Å². The maximum Gasteiger partial charge on any atom is 0.274 e. The van der Waals surface area contributed by atoms with Crippen LogP contribution in [0, 0.1) is 16.0 Å². The number of amides is 1. The molecule has 0 bridgehead atoms. The molecule has 25 heavy (non-hydrogen) atoms. The van der Waals surface area contributed by atoms with Gasteiger partial charge in [0.15, 0.2) is 0 Å². The molecule has 0 radical (unpaired) electrons. The summed E-state index contributed by atoms with van der Waals surface area (Å²) in [4.78, 5) is 28.4. The monoisotopic (exact) mass is 342 g/mol. The van der Waals surface area contributed by atoms with Crippen molar-refractivity contribution in [2.45, 2.75) is 26.4 Å². The molecule has 7 heteroatoms. The summed E-state index contributed by atoms with van der Waals surface area (Å²) in [5.74, 6) is -0.392. The van der Waals surface area contributed by atoms with Crippen LogP contribution in [0.5, 0.6) is 0 Å². The highest BCUT2D eigenvalue weighted by Crippen LogP contribution is 2.30. The third-order valence-electron chi connectivity index (χ3n) is 4.12. The van der Waals surface area contributed by atoms with Gasteiger partial charge in [-0.25, -0.2) is 0 Å². The van der Waals surface area contributed by atoms with Crippen LogP contribution in [0.15, 0.2) is 42.7 Å². The van der Waals surface area contributed by atoms with Gasteiger partial charge in [0.2, 0.25) is 5.91 Å². The quantitative estimate of drug-likeness (QED) is 0.615. The zero-order valence-corrected chi connectivity index (χ0v) is 14.5. The second kappa shape index (κ2) is 7.85. The third-order valence-corrected chi connectivity index (χ3v) is 4.12. The Bertz CT molecular complexity index is 762. The molecule has 0 aliphatic rings. The Kier molecular flexibility index (Phi) is 5.82. The summed E-state index contributed by atoms with van der Waals surface area (Å²) in [5.41, 5.74) is 6.84. The van der Waals surface area contributed by atoms with E-state index in [2.05, 4.69) is 18.8 Å². The Morgan fingerprint density at radius 3 is 2.60 bits per heavy atom. The van der Waals surface area contributed by atoms with E-state index in [1.54, 1.807) is 12.3 Å². The van der Waals surface area contributed by atoms with Crippen molar-refractivity contribution in [1.29, 1.82) is 0 Å². The minimum absolute atomic E-state index is 0.0594. The fraction of sp³-hybridized carbons (Fsp3) is 0.333. The van der Waals surface area contributed by atoms with Crippen molar-refractivity contribution in [2.24, 2.45) is 11.7 Å². The number of hydrogen-bond acceptors (Lipinski definition) is 5. The number of aromatic nitrogens is 1. The minimum atomic E-state index is -0.682. The van der Waals surface area contributed by atoms with Gasteiger partial charge in [-0.15, -0.1) is 0 Å². The van der Waals surface area contributed by atoms with E-state index in [4.69, 9.17) is 5.73 Å². The molecule has 0 spiro atoms. The van der Waals surface area contributed by atoms with E-state index in [-0.39, 0.29) is 23.2 Å². The van der Waals surface area contributed by atoms with Gasteiger partial charge >= 0.3 is 0 Å². The standard InChI is InChI=1S/C18H22N4O3/c1-12(2)17(14-5-4-8-20-10-14)21(3)11-15-7-6-13(18(19)23)9-16(15)22(24)25/h4-10,12,17H,11H2,1-3H3,(H2,19,23)/t17-/m0/s1. The molecule has 1 amide bonds. The number of nitrogens with two attached hydrogens (primary N) is 1. The Labute approximate surface area is 146 Å². The summed E-state index contributed by atoms with van der Waals surface area (Å²) in [6.07, 6.45) is 3.53. The van der Waals surface area contributed by atoms with Crippen LogP contribution in [0.3, 0.4) is 0 Å². The van der Waals surface area contributed by atoms with E-state index in [0.29, 0.717) is 12.1 Å². The molecule has 0 aliphatic heterocycles. The van der Waals surface area contributed by atoms with E-state index in [1.807, 2.05) is 30.3 Å². The van der Waals surface area contributed by atoms with Gasteiger partial charge in [0.05, 0.1) is 4.92 Å². The summed E-state index contributed by atoms with van der Waals surface area (Å²) in [5, 5.41) is 11.4. The highest BCUT2D eigenvalue weighted by Gasteiger charge is 2.24. The molecule has 2 aromatic rings. The fourth-order valence-corrected chi connectivity index (χ4v) is 3.09. The van der Waals surface area contributed by atoms with Crippen LogP contribution in [-0.4, -0.2) is 27.8 Å². The number of benzene rings is 1. The molecular weight excluding hydrogens is 320 g/mol. The van der Waals surface area contributed by atoms with Crippen LogP contribution < -0.4 is 5.73 Å². The van der Waals surface area contributed by atoms with Crippen LogP contribution >= 0.6 is 0 Å². The number of carbonyl (C=O) groups is 1. The first-order valence-electron chi connectivity index (χ1n) is 7.98. The molecule has 0 fully saturated rings. The summed E-state index contributed by atoms with van der Waals surface area (Å²) < 4.78 is 0. The van der Waals surface area contributed by atoms with Gasteiger partial charge in [-0.2, -0.15) is 0 Å². The van der Waals surface area contributed by atoms with Gasteiger partial charge in [0.1, 0.15) is 0 Å². The highest BCUT2D eigenvalue weighted by molar-refractivity contribution is 5.93. The molecule has 1 atom stereocenters. The van der Waals surface area contributed by atoms with Gasteiger partial charge in [0.25, 0.3) is 5.69 Å². The molecule has 1 aromatic carbocycles. The first-order valence-corrected chi connectivity index (χ1v) is 7.98. The molecular formula is C18H22N4O3. The van der Waals surface area contributed by atoms with Crippen LogP contribution in [0.4, 0.5) is 5.69 Å². The fourth-order valence-electron chi connectivity index (χ4n) is 3.09. The van der Waals surface area contributed by atoms with Crippen molar-refractivity contribution in [3.8, 4) is 0 Å². The average Bonchev–Trinajstić information content (AvgIpc) is 2.55. The Morgan fingerprint density at radius 2 is 2.08 bits per heavy atom. The first-order chi connectivity index (χ1) is 11.8. The molecule has 1 heterocycles. The van der Waals surface area contributed by atoms with Gasteiger partial charge in [0, 0.05) is 42.2 Å². The van der Waals surface area contributed by atoms with Crippen LogP contribution in [0.25, 0.3) is 0 Å². The van der Waals surface area contributed by atoms with Crippen LogP contribution in [0.1, 0.15) is 41.4 Å². The average molecular weight is 342 g/mol. The minimum Gasteiger partial charge on any atom is -0.366 e. The lowest BCUT2D eigenvalue weighted by molar-refractivity contribution is -0.385. The number of nitrogens with zero attached hydrogens (tertiary/aromatic N) is 3. The summed E-state index contributed by atoms with van der Waals surface area (Å²) >= 11 is 0. The second-order valence-corrected chi connectivity index (χ2v) is 6.36. The zero-order chi connectivity index (χ0) is 18.6. The van der Waals surface area contributed by atoms with E-state index < -0.39 is 10.8 Å². The van der Waals surface area contributed by atoms with Gasteiger partial charge in [-0.1, -0.05) is 26.0 Å². The smallest absolute Gasteiger partial charge is 0.274 e. The summed E-state index contributed by atoms with van der Waals surface area (Å²) in [6, 6.07) is 8.29. The summed E-state index contributed by atoms with van der Waals surface area (Å²) in [6.45, 7) is 4.56. The SMILES string of the molecule is CC(C)[C@@H](c1cccnc1)N(C)Cc1ccc(C(N)=O)cc1[N+](=O)[O-]. The molecule has 1 aromatic heterocycles. The van der Waals surface area contributed by atoms with Crippen molar-refractivity contribution < 1.29 is 9.72 Å². The lowest BCUT2D eigenvalue weighted by atomic mass is 9.95. The maximum absolute atomic E-state index is 11.4. The normalized spacial score (nSPS) is 12.4. The second-order valence-electron chi connectivity index (χ2n) is 6.36. The van der Waals surface area contributed by atoms with Crippen molar-refractivity contribution in [3.05, 3.63) is 69.5 Å². The van der Waals surface area contributed by atoms with E-state index >= 15 is 0 Å². The summed E-state index contributed by atoms with van der Waals surface area (Å²) in [7, 11) is 1.92. The molecule has 2 N–H and O–H groups in total. The predicted molar refractivity (Wildman–Crippen MR) is 94.9 cm³/mol. The van der Waals surface area contributed by atoms with Crippen molar-refractivity contribution in [3.63, 3.8) is 0 Å². The Balaban J connectivity index is 2.33. The topological polar surface area (TPSA) is 102 Å². The lowest BCUT2D eigenvalue weighted by Crippen LogP contribution is -2.28. The van der Waals surface area contributed by atoms with Crippen molar-refractivity contribution >= 4 is 11.6 Å². The molecule has 0 saturated heterocycles. The van der Waals surface area contributed by atoms with Gasteiger partial charge in [-0.05, 0) is 30.7 Å². The number of rotatable bonds is 7. The predicted octanol–water partition coefficient (Wildman–Crippen LogP) is 2.92. The first kappa shape index (κ1) is 18.5. The number of nitro benzene ring substituents is 1. The van der Waals surface area contributed by atoms with Gasteiger partial charge in [-0.3, -0.25) is 24.8 Å². The largest absolute Gasteiger partial charge is 0.366 e. The van der Waals surface area contributed by atoms with Crippen LogP contribution in [0.2, 0.25) is 0 Å². The Hall–Kier alpha value is -2.80. The molecule has 7 nitrogen and oxygen atoms in total. The molecule has 0 unspecified atom stereocenters. The Morgan fingerprint density at radius 1 is 1.36 bits per heavy atom. The number of nitro groups is 1. The third kappa shape index (κ3) is 4.39. The number of primary amides is 1. The zero-order valence-electron chi connectivity index (χ0n) is 14.5. The molecule has 0 saturated carbocycles. The van der Waals surface area contributed by atoms with E-state index in [1.165, 1.54) is 12.1 Å². The van der Waals surface area contributed by atoms with Crippen molar-refractivity contribution in [1.82, 2.24) is 9.88 Å². The van der Waals surface area contributed by atoms with E-state index in [9.17, 15) is 14.9 Å². The molecule has 132 valence electrons. The number of hydrogen-bond donors (Lipinski definition) is 1. The molecule has 2 rings (SSSR count). The maximum atomic E-state index is 11.4. The molecule has 0 aliphatic carbocycles. The number of carbonyl (C=O) groups excluding carboxylic acids is 1. The highest BCUT2D eigenvalue weighted by atomic mass is 16.6. The van der Waals surface area contributed by atoms with Gasteiger partial charge < -0.3 is 5.73 Å².